The highest BCUT2D eigenvalue weighted by atomic mass is 35.5. The number of nitrogens with zero attached hydrogens (tertiary/aromatic N) is 1. The molecule has 1 N–H and O–H groups in total. The van der Waals surface area contributed by atoms with Gasteiger partial charge in [-0.15, -0.1) is 23.7 Å². The SMILES string of the molecule is CN(CCc1cccs1)CCC1CCNCC1.Cl. The number of thiophene rings is 1. The number of nitrogens with one attached hydrogen (secondary N) is 1. The summed E-state index contributed by atoms with van der Waals surface area (Å²) in [6.45, 7) is 4.91. The summed E-state index contributed by atoms with van der Waals surface area (Å²) in [5.41, 5.74) is 0. The van der Waals surface area contributed by atoms with E-state index >= 15 is 0 Å². The number of hydrogen-bond acceptors (Lipinski definition) is 3. The van der Waals surface area contributed by atoms with Crippen molar-refractivity contribution in [3.05, 3.63) is 22.4 Å². The molecule has 0 saturated carbocycles. The van der Waals surface area contributed by atoms with E-state index in [9.17, 15) is 0 Å². The molecule has 0 bridgehead atoms. The zero-order chi connectivity index (χ0) is 11.9. The minimum atomic E-state index is 0. The molecule has 0 aromatic carbocycles. The minimum Gasteiger partial charge on any atom is -0.317 e. The first-order valence-electron chi connectivity index (χ1n) is 6.76. The molecule has 2 rings (SSSR count). The first-order chi connectivity index (χ1) is 8.34. The predicted octanol–water partition coefficient (Wildman–Crippen LogP) is 3.03. The normalized spacial score (nSPS) is 16.8. The molecule has 0 aliphatic carbocycles. The molecule has 4 heteroatoms. The van der Waals surface area contributed by atoms with Gasteiger partial charge in [-0.1, -0.05) is 6.07 Å². The van der Waals surface area contributed by atoms with E-state index in [2.05, 4.69) is 34.8 Å². The van der Waals surface area contributed by atoms with E-state index < -0.39 is 0 Å². The average Bonchev–Trinajstić information content (AvgIpc) is 2.88. The summed E-state index contributed by atoms with van der Waals surface area (Å²) in [4.78, 5) is 4.00. The van der Waals surface area contributed by atoms with Crippen molar-refractivity contribution >= 4 is 23.7 Å². The van der Waals surface area contributed by atoms with Crippen molar-refractivity contribution in [2.45, 2.75) is 25.7 Å². The van der Waals surface area contributed by atoms with Gasteiger partial charge in [0.05, 0.1) is 0 Å². The zero-order valence-corrected chi connectivity index (χ0v) is 12.9. The quantitative estimate of drug-likeness (QED) is 0.866. The van der Waals surface area contributed by atoms with E-state index in [1.54, 1.807) is 0 Å². The summed E-state index contributed by atoms with van der Waals surface area (Å²) in [6.07, 6.45) is 5.33. The van der Waals surface area contributed by atoms with Crippen molar-refractivity contribution in [2.24, 2.45) is 5.92 Å². The largest absolute Gasteiger partial charge is 0.317 e. The number of rotatable bonds is 6. The number of piperidine rings is 1. The highest BCUT2D eigenvalue weighted by molar-refractivity contribution is 7.09. The van der Waals surface area contributed by atoms with Crippen LogP contribution in [0, 0.1) is 5.92 Å². The lowest BCUT2D eigenvalue weighted by Crippen LogP contribution is -2.30. The predicted molar refractivity (Wildman–Crippen MR) is 83.0 cm³/mol. The monoisotopic (exact) mass is 288 g/mol. The van der Waals surface area contributed by atoms with Gasteiger partial charge < -0.3 is 10.2 Å². The topological polar surface area (TPSA) is 15.3 Å². The number of halogens is 1. The third kappa shape index (κ3) is 5.70. The second-order valence-corrected chi connectivity index (χ2v) is 6.15. The lowest BCUT2D eigenvalue weighted by molar-refractivity contribution is 0.273. The average molecular weight is 289 g/mol. The van der Waals surface area contributed by atoms with Gasteiger partial charge in [0, 0.05) is 11.4 Å². The van der Waals surface area contributed by atoms with E-state index in [0.29, 0.717) is 0 Å². The maximum absolute atomic E-state index is 3.43. The Labute approximate surface area is 121 Å². The van der Waals surface area contributed by atoms with Crippen molar-refractivity contribution in [3.8, 4) is 0 Å². The lowest BCUT2D eigenvalue weighted by atomic mass is 9.94. The van der Waals surface area contributed by atoms with Crippen LogP contribution in [0.25, 0.3) is 0 Å². The van der Waals surface area contributed by atoms with Crippen LogP contribution in [0.1, 0.15) is 24.1 Å². The molecule has 2 heterocycles. The second kappa shape index (κ2) is 8.92. The van der Waals surface area contributed by atoms with Crippen LogP contribution in [-0.2, 0) is 6.42 Å². The molecule has 0 unspecified atom stereocenters. The first-order valence-corrected chi connectivity index (χ1v) is 7.64. The van der Waals surface area contributed by atoms with Crippen LogP contribution in [0.4, 0.5) is 0 Å². The molecule has 104 valence electrons. The van der Waals surface area contributed by atoms with E-state index in [4.69, 9.17) is 0 Å². The smallest absolute Gasteiger partial charge is 0.00579 e. The maximum atomic E-state index is 3.43. The lowest BCUT2D eigenvalue weighted by Gasteiger charge is -2.25. The molecule has 18 heavy (non-hydrogen) atoms. The summed E-state index contributed by atoms with van der Waals surface area (Å²) in [5, 5.41) is 5.60. The molecule has 0 radical (unpaired) electrons. The molecule has 1 aromatic heterocycles. The van der Waals surface area contributed by atoms with Crippen molar-refractivity contribution in [1.29, 1.82) is 0 Å². The Bertz CT molecular complexity index is 297. The molecule has 0 atom stereocenters. The highest BCUT2D eigenvalue weighted by Gasteiger charge is 2.13. The molecular weight excluding hydrogens is 264 g/mol. The molecule has 1 aromatic rings. The van der Waals surface area contributed by atoms with E-state index in [0.717, 1.165) is 5.92 Å². The molecule has 1 fully saturated rings. The first kappa shape index (κ1) is 16.0. The molecule has 1 aliphatic rings. The van der Waals surface area contributed by atoms with Crippen molar-refractivity contribution in [3.63, 3.8) is 0 Å². The fourth-order valence-corrected chi connectivity index (χ4v) is 3.14. The van der Waals surface area contributed by atoms with Crippen LogP contribution in [0.15, 0.2) is 17.5 Å². The van der Waals surface area contributed by atoms with Crippen LogP contribution in [0.5, 0.6) is 0 Å². The van der Waals surface area contributed by atoms with Gasteiger partial charge in [0.1, 0.15) is 0 Å². The Balaban J connectivity index is 0.00000162. The Morgan fingerprint density at radius 1 is 1.33 bits per heavy atom. The Hall–Kier alpha value is -0.0900. The Morgan fingerprint density at radius 3 is 2.78 bits per heavy atom. The maximum Gasteiger partial charge on any atom is 0.00579 e. The van der Waals surface area contributed by atoms with Gasteiger partial charge in [-0.05, 0) is 69.7 Å². The summed E-state index contributed by atoms with van der Waals surface area (Å²) in [7, 11) is 2.26. The fourth-order valence-electron chi connectivity index (χ4n) is 2.44. The van der Waals surface area contributed by atoms with Gasteiger partial charge in [0.25, 0.3) is 0 Å². The highest BCUT2D eigenvalue weighted by Crippen LogP contribution is 2.16. The van der Waals surface area contributed by atoms with Crippen molar-refractivity contribution in [1.82, 2.24) is 10.2 Å². The molecule has 1 aliphatic heterocycles. The van der Waals surface area contributed by atoms with E-state index in [-0.39, 0.29) is 12.4 Å². The number of likely N-dealkylation sites (N-methyl/N-ethyl adjacent to an activating group) is 1. The summed E-state index contributed by atoms with van der Waals surface area (Å²) in [5.74, 6) is 0.959. The number of hydrogen-bond donors (Lipinski definition) is 1. The second-order valence-electron chi connectivity index (χ2n) is 5.11. The van der Waals surface area contributed by atoms with Crippen molar-refractivity contribution < 1.29 is 0 Å². The third-order valence-corrected chi connectivity index (χ3v) is 4.63. The van der Waals surface area contributed by atoms with Crippen LogP contribution >= 0.6 is 23.7 Å². The van der Waals surface area contributed by atoms with Gasteiger partial charge in [-0.2, -0.15) is 0 Å². The molecule has 2 nitrogen and oxygen atoms in total. The Morgan fingerprint density at radius 2 is 2.11 bits per heavy atom. The van der Waals surface area contributed by atoms with E-state index in [1.807, 2.05) is 11.3 Å². The van der Waals surface area contributed by atoms with Gasteiger partial charge >= 0.3 is 0 Å². The minimum absolute atomic E-state index is 0. The van der Waals surface area contributed by atoms with Crippen LogP contribution in [0.2, 0.25) is 0 Å². The van der Waals surface area contributed by atoms with Gasteiger partial charge in [-0.3, -0.25) is 0 Å². The fraction of sp³-hybridized carbons (Fsp3) is 0.714. The Kier molecular flexibility index (Phi) is 7.91. The van der Waals surface area contributed by atoms with Crippen LogP contribution in [0.3, 0.4) is 0 Å². The van der Waals surface area contributed by atoms with Gasteiger partial charge in [0.2, 0.25) is 0 Å². The summed E-state index contributed by atoms with van der Waals surface area (Å²) >= 11 is 1.88. The molecule has 1 saturated heterocycles. The van der Waals surface area contributed by atoms with Crippen LogP contribution < -0.4 is 5.32 Å². The van der Waals surface area contributed by atoms with Crippen LogP contribution in [-0.4, -0.2) is 38.1 Å². The van der Waals surface area contributed by atoms with Gasteiger partial charge in [0.15, 0.2) is 0 Å². The summed E-state index contributed by atoms with van der Waals surface area (Å²) in [6, 6.07) is 4.39. The van der Waals surface area contributed by atoms with Gasteiger partial charge in [-0.25, -0.2) is 0 Å². The van der Waals surface area contributed by atoms with Crippen molar-refractivity contribution in [2.75, 3.05) is 33.2 Å². The molecule has 0 spiro atoms. The zero-order valence-electron chi connectivity index (χ0n) is 11.2. The summed E-state index contributed by atoms with van der Waals surface area (Å²) < 4.78 is 0. The standard InChI is InChI=1S/C14H24N2S.ClH/c1-16(11-7-14-3-2-12-17-14)10-6-13-4-8-15-9-5-13;/h2-3,12-13,15H,4-11H2,1H3;1H. The van der Waals surface area contributed by atoms with E-state index in [1.165, 1.54) is 56.7 Å². The molecule has 0 amide bonds. The molecular formula is C14H25ClN2S. The third-order valence-electron chi connectivity index (χ3n) is 3.70.